The zero-order valence-corrected chi connectivity index (χ0v) is 12.6. The van der Waals surface area contributed by atoms with Crippen molar-refractivity contribution in [2.75, 3.05) is 13.6 Å². The van der Waals surface area contributed by atoms with Gasteiger partial charge in [0.25, 0.3) is 0 Å². The molecule has 1 aromatic carbocycles. The van der Waals surface area contributed by atoms with Crippen molar-refractivity contribution in [1.29, 1.82) is 0 Å². The molecule has 5 nitrogen and oxygen atoms in total. The molecule has 0 heterocycles. The van der Waals surface area contributed by atoms with Gasteiger partial charge in [0.1, 0.15) is 0 Å². The van der Waals surface area contributed by atoms with Gasteiger partial charge < -0.3 is 10.8 Å². The molecule has 1 aromatic rings. The van der Waals surface area contributed by atoms with Crippen LogP contribution in [0, 0.1) is 0 Å². The van der Waals surface area contributed by atoms with Crippen LogP contribution in [0.15, 0.2) is 23.1 Å². The van der Waals surface area contributed by atoms with Crippen LogP contribution in [0.2, 0.25) is 5.02 Å². The van der Waals surface area contributed by atoms with Crippen LogP contribution in [0.3, 0.4) is 0 Å². The molecule has 0 aliphatic heterocycles. The average Bonchev–Trinajstić information content (AvgIpc) is 2.35. The van der Waals surface area contributed by atoms with Crippen molar-refractivity contribution in [1.82, 2.24) is 4.31 Å². The minimum absolute atomic E-state index is 0.128. The largest absolute Gasteiger partial charge is 0.393 e. The first-order valence-electron chi connectivity index (χ1n) is 5.92. The second kappa shape index (κ2) is 6.67. The van der Waals surface area contributed by atoms with Crippen molar-refractivity contribution in [2.45, 2.75) is 30.9 Å². The summed E-state index contributed by atoms with van der Waals surface area (Å²) in [6, 6.07) is 4.50. The van der Waals surface area contributed by atoms with Gasteiger partial charge >= 0.3 is 0 Å². The number of hydrogen-bond donors (Lipinski definition) is 2. The van der Waals surface area contributed by atoms with Gasteiger partial charge in [-0.1, -0.05) is 17.7 Å². The third-order valence-electron chi connectivity index (χ3n) is 2.81. The molecular formula is C12H19ClN2O3S. The molecule has 7 heteroatoms. The highest BCUT2D eigenvalue weighted by molar-refractivity contribution is 7.89. The predicted molar refractivity (Wildman–Crippen MR) is 75.5 cm³/mol. The summed E-state index contributed by atoms with van der Waals surface area (Å²) in [6.07, 6.45) is -0.162. The van der Waals surface area contributed by atoms with Crippen molar-refractivity contribution in [2.24, 2.45) is 5.73 Å². The van der Waals surface area contributed by atoms with E-state index in [-0.39, 0.29) is 18.0 Å². The number of aliphatic hydroxyl groups excluding tert-OH is 1. The molecule has 0 fully saturated rings. The lowest BCUT2D eigenvalue weighted by atomic mass is 10.2. The van der Waals surface area contributed by atoms with Crippen LogP contribution in [0.4, 0.5) is 0 Å². The summed E-state index contributed by atoms with van der Waals surface area (Å²) >= 11 is 5.96. The van der Waals surface area contributed by atoms with Gasteiger partial charge in [-0.15, -0.1) is 0 Å². The first-order chi connectivity index (χ1) is 8.78. The number of rotatable bonds is 6. The maximum absolute atomic E-state index is 12.3. The Morgan fingerprint density at radius 2 is 2.11 bits per heavy atom. The minimum atomic E-state index is -3.59. The number of aliphatic hydroxyl groups is 1. The van der Waals surface area contributed by atoms with Gasteiger partial charge in [-0.25, -0.2) is 12.7 Å². The Hall–Kier alpha value is -0.660. The first-order valence-corrected chi connectivity index (χ1v) is 7.73. The summed E-state index contributed by atoms with van der Waals surface area (Å²) in [4.78, 5) is 0.128. The molecule has 0 saturated carbocycles. The molecule has 1 unspecified atom stereocenters. The van der Waals surface area contributed by atoms with Crippen LogP contribution in [0.1, 0.15) is 18.9 Å². The molecule has 19 heavy (non-hydrogen) atoms. The van der Waals surface area contributed by atoms with E-state index in [1.54, 1.807) is 13.0 Å². The fourth-order valence-corrected chi connectivity index (χ4v) is 3.06. The highest BCUT2D eigenvalue weighted by Gasteiger charge is 2.21. The van der Waals surface area contributed by atoms with E-state index < -0.39 is 16.1 Å². The molecule has 1 atom stereocenters. The maximum atomic E-state index is 12.3. The van der Waals surface area contributed by atoms with Crippen molar-refractivity contribution >= 4 is 21.6 Å². The smallest absolute Gasteiger partial charge is 0.242 e. The molecule has 0 aliphatic rings. The Balaban J connectivity index is 2.96. The normalized spacial score (nSPS) is 13.8. The molecule has 0 radical (unpaired) electrons. The van der Waals surface area contributed by atoms with Crippen LogP contribution < -0.4 is 5.73 Å². The summed E-state index contributed by atoms with van der Waals surface area (Å²) in [5.41, 5.74) is 6.18. The summed E-state index contributed by atoms with van der Waals surface area (Å²) in [7, 11) is -2.11. The van der Waals surface area contributed by atoms with E-state index in [2.05, 4.69) is 0 Å². The molecule has 108 valence electrons. The van der Waals surface area contributed by atoms with Gasteiger partial charge in [0.05, 0.1) is 11.0 Å². The number of nitrogens with two attached hydrogens (primary N) is 1. The quantitative estimate of drug-likeness (QED) is 0.827. The van der Waals surface area contributed by atoms with Crippen LogP contribution >= 0.6 is 11.6 Å². The van der Waals surface area contributed by atoms with Gasteiger partial charge in [-0.2, -0.15) is 0 Å². The monoisotopic (exact) mass is 306 g/mol. The van der Waals surface area contributed by atoms with Gasteiger partial charge in [-0.3, -0.25) is 0 Å². The van der Waals surface area contributed by atoms with Gasteiger partial charge in [-0.05, 0) is 31.0 Å². The summed E-state index contributed by atoms with van der Waals surface area (Å²) in [5, 5.41) is 9.53. The van der Waals surface area contributed by atoms with Crippen LogP contribution in [0.5, 0.6) is 0 Å². The molecule has 0 aromatic heterocycles. The summed E-state index contributed by atoms with van der Waals surface area (Å²) in [5.74, 6) is 0. The highest BCUT2D eigenvalue weighted by Crippen LogP contribution is 2.22. The number of benzene rings is 1. The standard InChI is InChI=1S/C12H19ClN2O3S/c1-9(16)5-6-15(2)19(17,18)11-4-3-10(8-14)12(13)7-11/h3-4,7,9,16H,5-6,8,14H2,1-2H3. The van der Waals surface area contributed by atoms with Gasteiger partial charge in [0, 0.05) is 25.2 Å². The SMILES string of the molecule is CC(O)CCN(C)S(=O)(=O)c1ccc(CN)c(Cl)c1. The number of halogens is 1. The lowest BCUT2D eigenvalue weighted by Crippen LogP contribution is -2.29. The molecule has 0 amide bonds. The van der Waals surface area contributed by atoms with Crippen LogP contribution in [0.25, 0.3) is 0 Å². The lowest BCUT2D eigenvalue weighted by molar-refractivity contribution is 0.177. The number of nitrogens with zero attached hydrogens (tertiary/aromatic N) is 1. The molecule has 0 bridgehead atoms. The third kappa shape index (κ3) is 4.15. The van der Waals surface area contributed by atoms with Crippen molar-refractivity contribution in [3.63, 3.8) is 0 Å². The van der Waals surface area contributed by atoms with E-state index in [0.29, 0.717) is 17.0 Å². The number of sulfonamides is 1. The van der Waals surface area contributed by atoms with E-state index in [9.17, 15) is 13.5 Å². The fourth-order valence-electron chi connectivity index (χ4n) is 1.52. The second-order valence-corrected chi connectivity index (χ2v) is 6.87. The van der Waals surface area contributed by atoms with Crippen LogP contribution in [-0.4, -0.2) is 37.5 Å². The predicted octanol–water partition coefficient (Wildman–Crippen LogP) is 1.19. The van der Waals surface area contributed by atoms with Gasteiger partial charge in [0.2, 0.25) is 10.0 Å². The van der Waals surface area contributed by atoms with E-state index >= 15 is 0 Å². The lowest BCUT2D eigenvalue weighted by Gasteiger charge is -2.18. The van der Waals surface area contributed by atoms with Crippen molar-refractivity contribution in [3.05, 3.63) is 28.8 Å². The maximum Gasteiger partial charge on any atom is 0.242 e. The topological polar surface area (TPSA) is 83.6 Å². The molecule has 3 N–H and O–H groups in total. The Morgan fingerprint density at radius 1 is 1.47 bits per heavy atom. The molecule has 0 saturated heterocycles. The van der Waals surface area contributed by atoms with Crippen molar-refractivity contribution in [3.8, 4) is 0 Å². The van der Waals surface area contributed by atoms with Crippen LogP contribution in [-0.2, 0) is 16.6 Å². The van der Waals surface area contributed by atoms with E-state index in [4.69, 9.17) is 17.3 Å². The van der Waals surface area contributed by atoms with E-state index in [1.807, 2.05) is 0 Å². The Bertz CT molecular complexity index is 532. The summed E-state index contributed by atoms with van der Waals surface area (Å²) in [6.45, 7) is 2.13. The summed E-state index contributed by atoms with van der Waals surface area (Å²) < 4.78 is 25.7. The first kappa shape index (κ1) is 16.4. The number of hydrogen-bond acceptors (Lipinski definition) is 4. The average molecular weight is 307 g/mol. The molecular weight excluding hydrogens is 288 g/mol. The Kier molecular flexibility index (Phi) is 5.76. The molecule has 0 spiro atoms. The second-order valence-electron chi connectivity index (χ2n) is 4.42. The van der Waals surface area contributed by atoms with E-state index in [0.717, 1.165) is 0 Å². The highest BCUT2D eigenvalue weighted by atomic mass is 35.5. The Morgan fingerprint density at radius 3 is 2.58 bits per heavy atom. The Labute approximate surface area is 119 Å². The molecule has 0 aliphatic carbocycles. The van der Waals surface area contributed by atoms with Gasteiger partial charge in [0.15, 0.2) is 0 Å². The molecule has 1 rings (SSSR count). The van der Waals surface area contributed by atoms with E-state index in [1.165, 1.54) is 23.5 Å². The zero-order chi connectivity index (χ0) is 14.6. The fraction of sp³-hybridized carbons (Fsp3) is 0.500. The zero-order valence-electron chi connectivity index (χ0n) is 11.0. The minimum Gasteiger partial charge on any atom is -0.393 e. The third-order valence-corrected chi connectivity index (χ3v) is 5.02. The van der Waals surface area contributed by atoms with Crippen molar-refractivity contribution < 1.29 is 13.5 Å².